The zero-order chi connectivity index (χ0) is 12.0. The summed E-state index contributed by atoms with van der Waals surface area (Å²) < 4.78 is 2.34. The van der Waals surface area contributed by atoms with Crippen molar-refractivity contribution >= 4 is 28.6 Å². The predicted octanol–water partition coefficient (Wildman–Crippen LogP) is 4.74. The predicted molar refractivity (Wildman–Crippen MR) is 81.4 cm³/mol. The normalized spacial score (nSPS) is 21.2. The molecule has 0 saturated carbocycles. The van der Waals surface area contributed by atoms with Crippen molar-refractivity contribution in [1.29, 1.82) is 0 Å². The monoisotopic (exact) mass is 337 g/mol. The summed E-state index contributed by atoms with van der Waals surface area (Å²) in [4.78, 5) is 0. The Kier molecular flexibility index (Phi) is 2.58. The number of benzene rings is 1. The van der Waals surface area contributed by atoms with E-state index in [1.165, 1.54) is 22.5 Å². The number of nitrogens with zero attached hydrogens (tertiary/aromatic N) is 1. The van der Waals surface area contributed by atoms with Gasteiger partial charge in [-0.25, -0.2) is 0 Å². The minimum absolute atomic E-state index is 0.129. The van der Waals surface area contributed by atoms with Crippen molar-refractivity contribution < 1.29 is 0 Å². The van der Waals surface area contributed by atoms with Gasteiger partial charge >= 0.3 is 0 Å². The van der Waals surface area contributed by atoms with Gasteiger partial charge in [0.2, 0.25) is 0 Å². The molecule has 2 aliphatic rings. The molecular weight excluding hydrogens is 321 g/mol. The first-order valence-corrected chi connectivity index (χ1v) is 7.04. The standard InChI is InChI=1S/C15H16IN/c1-15(2)11-7-3-5-9-13(11)17(16)14-10-6-4-8-12(14)15/h3-5,7-9H,6,10H2,1-2H3. The van der Waals surface area contributed by atoms with E-state index in [4.69, 9.17) is 0 Å². The number of allylic oxidation sites excluding steroid dienone is 4. The fourth-order valence-electron chi connectivity index (χ4n) is 2.89. The van der Waals surface area contributed by atoms with Gasteiger partial charge in [-0.15, -0.1) is 0 Å². The quantitative estimate of drug-likeness (QED) is 0.488. The summed E-state index contributed by atoms with van der Waals surface area (Å²) in [6.07, 6.45) is 6.95. The maximum Gasteiger partial charge on any atom is 0.0643 e. The zero-order valence-electron chi connectivity index (χ0n) is 10.2. The van der Waals surface area contributed by atoms with Gasteiger partial charge in [-0.1, -0.05) is 44.2 Å². The van der Waals surface area contributed by atoms with Crippen LogP contribution in [-0.4, -0.2) is 0 Å². The highest BCUT2D eigenvalue weighted by Gasteiger charge is 2.36. The van der Waals surface area contributed by atoms with E-state index >= 15 is 0 Å². The molecule has 0 bridgehead atoms. The second-order valence-electron chi connectivity index (χ2n) is 5.22. The summed E-state index contributed by atoms with van der Waals surface area (Å²) in [5.41, 5.74) is 5.88. The molecule has 0 radical (unpaired) electrons. The third-order valence-corrected chi connectivity index (χ3v) is 4.94. The summed E-state index contributed by atoms with van der Waals surface area (Å²) in [5.74, 6) is 0. The van der Waals surface area contributed by atoms with E-state index in [0.29, 0.717) is 0 Å². The third kappa shape index (κ3) is 1.57. The molecule has 0 fully saturated rings. The molecule has 2 heteroatoms. The fraction of sp³-hybridized carbons (Fsp3) is 0.333. The van der Waals surface area contributed by atoms with E-state index in [0.717, 1.165) is 12.8 Å². The second kappa shape index (κ2) is 3.87. The Morgan fingerprint density at radius 2 is 2.00 bits per heavy atom. The summed E-state index contributed by atoms with van der Waals surface area (Å²) in [6.45, 7) is 4.67. The molecule has 1 aliphatic heterocycles. The topological polar surface area (TPSA) is 3.24 Å². The third-order valence-electron chi connectivity index (χ3n) is 3.84. The van der Waals surface area contributed by atoms with Crippen LogP contribution in [0.3, 0.4) is 0 Å². The molecule has 0 aromatic heterocycles. The smallest absolute Gasteiger partial charge is 0.0643 e. The van der Waals surface area contributed by atoms with Crippen molar-refractivity contribution in [2.45, 2.75) is 32.1 Å². The van der Waals surface area contributed by atoms with E-state index in [-0.39, 0.29) is 5.41 Å². The number of para-hydroxylation sites is 1. The minimum atomic E-state index is 0.129. The van der Waals surface area contributed by atoms with Crippen molar-refractivity contribution in [2.75, 3.05) is 3.11 Å². The molecule has 1 aromatic carbocycles. The Balaban J connectivity index is 2.26. The van der Waals surface area contributed by atoms with Gasteiger partial charge < -0.3 is 0 Å². The Labute approximate surface area is 117 Å². The fourth-order valence-corrected chi connectivity index (χ4v) is 3.81. The van der Waals surface area contributed by atoms with Crippen LogP contribution in [-0.2, 0) is 5.41 Å². The molecule has 0 atom stereocenters. The summed E-state index contributed by atoms with van der Waals surface area (Å²) in [5, 5.41) is 0. The molecule has 0 spiro atoms. The molecule has 1 nitrogen and oxygen atoms in total. The van der Waals surface area contributed by atoms with Crippen molar-refractivity contribution in [1.82, 2.24) is 0 Å². The Morgan fingerprint density at radius 3 is 2.82 bits per heavy atom. The highest BCUT2D eigenvalue weighted by Crippen LogP contribution is 2.49. The molecule has 88 valence electrons. The van der Waals surface area contributed by atoms with Crippen LogP contribution in [0.1, 0.15) is 32.3 Å². The van der Waals surface area contributed by atoms with E-state index in [1.54, 1.807) is 0 Å². The maximum atomic E-state index is 2.44. The molecule has 0 N–H and O–H groups in total. The van der Waals surface area contributed by atoms with Crippen molar-refractivity contribution in [3.63, 3.8) is 0 Å². The highest BCUT2D eigenvalue weighted by molar-refractivity contribution is 14.1. The lowest BCUT2D eigenvalue weighted by molar-refractivity contribution is 0.610. The van der Waals surface area contributed by atoms with Gasteiger partial charge in [0.15, 0.2) is 0 Å². The molecular formula is C15H16IN. The first kappa shape index (κ1) is 11.3. The van der Waals surface area contributed by atoms with Gasteiger partial charge in [-0.05, 0) is 30.0 Å². The van der Waals surface area contributed by atoms with Gasteiger partial charge in [-0.2, -0.15) is 0 Å². The molecule has 0 amide bonds. The van der Waals surface area contributed by atoms with Crippen molar-refractivity contribution in [3.05, 3.63) is 53.3 Å². The summed E-state index contributed by atoms with van der Waals surface area (Å²) in [6, 6.07) is 8.76. The largest absolute Gasteiger partial charge is 0.286 e. The second-order valence-corrected chi connectivity index (χ2v) is 6.19. The SMILES string of the molecule is CC1(C)C2=C(CCC=C2)N(I)c2ccccc21. The van der Waals surface area contributed by atoms with E-state index in [2.05, 4.69) is 76.2 Å². The summed E-state index contributed by atoms with van der Waals surface area (Å²) >= 11 is 2.44. The number of rotatable bonds is 0. The number of hydrogen-bond acceptors (Lipinski definition) is 1. The molecule has 0 saturated heterocycles. The highest BCUT2D eigenvalue weighted by atomic mass is 127. The van der Waals surface area contributed by atoms with Crippen LogP contribution in [0.25, 0.3) is 0 Å². The minimum Gasteiger partial charge on any atom is -0.286 e. The Bertz CT molecular complexity index is 525. The maximum absolute atomic E-state index is 2.44. The number of halogens is 1. The van der Waals surface area contributed by atoms with E-state index in [9.17, 15) is 0 Å². The van der Waals surface area contributed by atoms with Gasteiger partial charge in [0, 0.05) is 11.1 Å². The van der Waals surface area contributed by atoms with Crippen molar-refractivity contribution in [2.24, 2.45) is 0 Å². The lowest BCUT2D eigenvalue weighted by Gasteiger charge is -2.41. The lowest BCUT2D eigenvalue weighted by Crippen LogP contribution is -2.32. The number of anilines is 1. The lowest BCUT2D eigenvalue weighted by atomic mass is 9.72. The Morgan fingerprint density at radius 1 is 1.24 bits per heavy atom. The first-order valence-electron chi connectivity index (χ1n) is 6.08. The van der Waals surface area contributed by atoms with Crippen LogP contribution in [0.5, 0.6) is 0 Å². The number of hydrogen-bond donors (Lipinski definition) is 0. The zero-order valence-corrected chi connectivity index (χ0v) is 12.4. The van der Waals surface area contributed by atoms with Crippen LogP contribution in [0, 0.1) is 0 Å². The van der Waals surface area contributed by atoms with Crippen LogP contribution in [0.2, 0.25) is 0 Å². The van der Waals surface area contributed by atoms with Gasteiger partial charge in [0.05, 0.1) is 28.6 Å². The first-order chi connectivity index (χ1) is 8.12. The van der Waals surface area contributed by atoms with E-state index in [1.807, 2.05) is 0 Å². The molecule has 0 unspecified atom stereocenters. The molecule has 1 aromatic rings. The molecule has 3 rings (SSSR count). The van der Waals surface area contributed by atoms with Gasteiger partial charge in [0.25, 0.3) is 0 Å². The average molecular weight is 337 g/mol. The van der Waals surface area contributed by atoms with Crippen LogP contribution >= 0.6 is 22.9 Å². The van der Waals surface area contributed by atoms with Crippen LogP contribution in [0.15, 0.2) is 47.7 Å². The number of fused-ring (bicyclic) bond motifs is 1. The average Bonchev–Trinajstić information content (AvgIpc) is 2.37. The summed E-state index contributed by atoms with van der Waals surface area (Å²) in [7, 11) is 0. The molecule has 1 aliphatic carbocycles. The van der Waals surface area contributed by atoms with Gasteiger partial charge in [-0.3, -0.25) is 3.11 Å². The van der Waals surface area contributed by atoms with Crippen LogP contribution < -0.4 is 3.11 Å². The van der Waals surface area contributed by atoms with Crippen LogP contribution in [0.4, 0.5) is 5.69 Å². The molecule has 17 heavy (non-hydrogen) atoms. The molecule has 1 heterocycles. The Hall–Kier alpha value is -0.770. The van der Waals surface area contributed by atoms with E-state index < -0.39 is 0 Å². The van der Waals surface area contributed by atoms with Gasteiger partial charge in [0.1, 0.15) is 0 Å². The van der Waals surface area contributed by atoms with Crippen molar-refractivity contribution in [3.8, 4) is 0 Å².